The summed E-state index contributed by atoms with van der Waals surface area (Å²) in [5, 5.41) is 23.7. The van der Waals surface area contributed by atoms with Gasteiger partial charge in [0.2, 0.25) is 5.91 Å². The molecule has 59 heavy (non-hydrogen) atoms. The van der Waals surface area contributed by atoms with Crippen LogP contribution in [0.3, 0.4) is 0 Å². The fourth-order valence-corrected chi connectivity index (χ4v) is 7.61. The van der Waals surface area contributed by atoms with E-state index < -0.39 is 18.2 Å². The third kappa shape index (κ3) is 42.3. The van der Waals surface area contributed by atoms with Crippen molar-refractivity contribution in [2.45, 2.75) is 270 Å². The number of amides is 1. The number of carbonyl (C=O) groups excluding carboxylic acids is 2. The summed E-state index contributed by atoms with van der Waals surface area (Å²) in [6.45, 7) is 6.34. The van der Waals surface area contributed by atoms with Gasteiger partial charge in [0, 0.05) is 6.42 Å². The van der Waals surface area contributed by atoms with Gasteiger partial charge in [-0.25, -0.2) is 0 Å². The largest absolute Gasteiger partial charge is 0.462 e. The molecule has 0 fully saturated rings. The molecule has 3 unspecified atom stereocenters. The number of allylic oxidation sites excluding steroid dienone is 8. The zero-order chi connectivity index (χ0) is 43.1. The second-order valence-corrected chi connectivity index (χ2v) is 17.2. The van der Waals surface area contributed by atoms with Crippen molar-refractivity contribution in [1.82, 2.24) is 5.32 Å². The van der Waals surface area contributed by atoms with Crippen molar-refractivity contribution in [2.75, 3.05) is 6.61 Å². The Labute approximate surface area is 366 Å². The quantitative estimate of drug-likeness (QED) is 0.0246. The van der Waals surface area contributed by atoms with Crippen LogP contribution in [0.15, 0.2) is 48.6 Å². The maximum Gasteiger partial charge on any atom is 0.306 e. The van der Waals surface area contributed by atoms with Gasteiger partial charge in [-0.1, -0.05) is 223 Å². The second kappa shape index (κ2) is 46.9. The lowest BCUT2D eigenvalue weighted by molar-refractivity contribution is -0.151. The molecule has 0 heterocycles. The Kier molecular flexibility index (Phi) is 45.1. The number of hydrogen-bond donors (Lipinski definition) is 3. The molecule has 0 aromatic heterocycles. The van der Waals surface area contributed by atoms with Crippen LogP contribution in [0, 0.1) is 0 Å². The third-order valence-electron chi connectivity index (χ3n) is 11.5. The zero-order valence-corrected chi connectivity index (χ0v) is 39.1. The fraction of sp³-hybridized carbons (Fsp3) is 0.811. The SMILES string of the molecule is CC/C=C/C=C/C=C/CCCCCCCCCC(=O)OC(CCC/C=C\CCCCCCCC)CC(=O)NC(CO)C(O)CCCCCCCCCCCCCCCC. The molecule has 344 valence electrons. The molecule has 6 nitrogen and oxygen atoms in total. The van der Waals surface area contributed by atoms with Crippen LogP contribution in [0.4, 0.5) is 0 Å². The van der Waals surface area contributed by atoms with E-state index in [9.17, 15) is 19.8 Å². The van der Waals surface area contributed by atoms with E-state index in [1.165, 1.54) is 135 Å². The number of carbonyl (C=O) groups is 2. The highest BCUT2D eigenvalue weighted by Crippen LogP contribution is 2.17. The van der Waals surface area contributed by atoms with Crippen molar-refractivity contribution in [1.29, 1.82) is 0 Å². The van der Waals surface area contributed by atoms with Crippen LogP contribution in [0.1, 0.15) is 252 Å². The van der Waals surface area contributed by atoms with Crippen LogP contribution in [0.25, 0.3) is 0 Å². The highest BCUT2D eigenvalue weighted by molar-refractivity contribution is 5.77. The van der Waals surface area contributed by atoms with Crippen LogP contribution in [-0.2, 0) is 14.3 Å². The Morgan fingerprint density at radius 1 is 0.508 bits per heavy atom. The monoisotopic (exact) mass is 828 g/mol. The lowest BCUT2D eigenvalue weighted by atomic mass is 10.0. The molecule has 1 amide bonds. The molecule has 0 spiro atoms. The van der Waals surface area contributed by atoms with Gasteiger partial charge >= 0.3 is 5.97 Å². The van der Waals surface area contributed by atoms with E-state index in [0.29, 0.717) is 19.3 Å². The molecule has 0 rings (SSSR count). The first-order valence-electron chi connectivity index (χ1n) is 25.4. The number of ether oxygens (including phenoxy) is 1. The van der Waals surface area contributed by atoms with E-state index >= 15 is 0 Å². The van der Waals surface area contributed by atoms with Crippen LogP contribution in [0.5, 0.6) is 0 Å². The van der Waals surface area contributed by atoms with Gasteiger partial charge in [-0.15, -0.1) is 0 Å². The summed E-state index contributed by atoms with van der Waals surface area (Å²) in [4.78, 5) is 26.1. The van der Waals surface area contributed by atoms with Gasteiger partial charge in [0.15, 0.2) is 0 Å². The van der Waals surface area contributed by atoms with E-state index in [2.05, 4.69) is 74.7 Å². The minimum atomic E-state index is -0.795. The predicted octanol–water partition coefficient (Wildman–Crippen LogP) is 15.1. The number of aliphatic hydroxyl groups excluding tert-OH is 2. The van der Waals surface area contributed by atoms with Gasteiger partial charge in [0.05, 0.1) is 25.2 Å². The van der Waals surface area contributed by atoms with Crippen molar-refractivity contribution in [2.24, 2.45) is 0 Å². The Morgan fingerprint density at radius 3 is 1.46 bits per heavy atom. The zero-order valence-electron chi connectivity index (χ0n) is 39.1. The standard InChI is InChI=1S/C53H97NO5/c1-4-7-10-13-16-19-22-24-26-28-31-34-37-40-43-46-53(58)59-49(44-41-38-35-32-29-21-18-15-12-9-6-3)47-52(57)54-50(48-55)51(56)45-42-39-36-33-30-27-25-23-20-17-14-11-8-5-2/h7,10,13,16,19,22,32,35,49-51,55-56H,4-6,8-9,11-12,14-15,17-18,20-21,23-31,33-34,36-48H2,1-3H3,(H,54,57)/b10-7+,16-13+,22-19+,35-32-. The number of nitrogens with one attached hydrogen (secondary N) is 1. The van der Waals surface area contributed by atoms with Crippen molar-refractivity contribution >= 4 is 11.9 Å². The molecule has 0 aliphatic heterocycles. The topological polar surface area (TPSA) is 95.9 Å². The minimum absolute atomic E-state index is 0.0523. The fourth-order valence-electron chi connectivity index (χ4n) is 7.61. The van der Waals surface area contributed by atoms with E-state index in [0.717, 1.165) is 70.6 Å². The Hall–Kier alpha value is -2.18. The Bertz CT molecular complexity index is 1020. The molecule has 3 N–H and O–H groups in total. The number of unbranched alkanes of at least 4 members (excludes halogenated alkanes) is 27. The van der Waals surface area contributed by atoms with Gasteiger partial charge in [-0.3, -0.25) is 9.59 Å². The molecule has 0 bridgehead atoms. The average Bonchev–Trinajstić information content (AvgIpc) is 3.23. The smallest absolute Gasteiger partial charge is 0.306 e. The van der Waals surface area contributed by atoms with Crippen molar-refractivity contribution in [3.63, 3.8) is 0 Å². The first-order chi connectivity index (χ1) is 29.0. The molecular formula is C53H97NO5. The van der Waals surface area contributed by atoms with Crippen molar-refractivity contribution in [3.8, 4) is 0 Å². The first-order valence-corrected chi connectivity index (χ1v) is 25.4. The molecule has 0 aromatic rings. The van der Waals surface area contributed by atoms with Gasteiger partial charge in [-0.2, -0.15) is 0 Å². The number of rotatable bonds is 45. The Morgan fingerprint density at radius 2 is 0.949 bits per heavy atom. The maximum absolute atomic E-state index is 13.2. The summed E-state index contributed by atoms with van der Waals surface area (Å²) in [5.41, 5.74) is 0. The van der Waals surface area contributed by atoms with Gasteiger partial charge in [0.25, 0.3) is 0 Å². The lowest BCUT2D eigenvalue weighted by Crippen LogP contribution is -2.46. The molecule has 0 radical (unpaired) electrons. The summed E-state index contributed by atoms with van der Waals surface area (Å²) in [5.74, 6) is -0.513. The van der Waals surface area contributed by atoms with Crippen LogP contribution in [0.2, 0.25) is 0 Å². The summed E-state index contributed by atoms with van der Waals surface area (Å²) < 4.78 is 5.90. The molecular weight excluding hydrogens is 731 g/mol. The molecule has 0 saturated carbocycles. The van der Waals surface area contributed by atoms with Gasteiger partial charge in [-0.05, 0) is 64.2 Å². The highest BCUT2D eigenvalue weighted by Gasteiger charge is 2.24. The first kappa shape index (κ1) is 56.8. The molecule has 0 saturated heterocycles. The van der Waals surface area contributed by atoms with E-state index in [-0.39, 0.29) is 24.9 Å². The minimum Gasteiger partial charge on any atom is -0.462 e. The maximum atomic E-state index is 13.2. The predicted molar refractivity (Wildman–Crippen MR) is 255 cm³/mol. The molecule has 0 aliphatic carbocycles. The van der Waals surface area contributed by atoms with Crippen LogP contribution < -0.4 is 5.32 Å². The van der Waals surface area contributed by atoms with Crippen molar-refractivity contribution in [3.05, 3.63) is 48.6 Å². The summed E-state index contributed by atoms with van der Waals surface area (Å²) in [7, 11) is 0. The third-order valence-corrected chi connectivity index (χ3v) is 11.5. The molecule has 0 aromatic carbocycles. The Balaban J connectivity index is 4.56. The normalized spacial score (nSPS) is 13.6. The molecule has 0 aliphatic rings. The van der Waals surface area contributed by atoms with Gasteiger partial charge in [0.1, 0.15) is 6.10 Å². The average molecular weight is 828 g/mol. The number of hydrogen-bond acceptors (Lipinski definition) is 5. The highest BCUT2D eigenvalue weighted by atomic mass is 16.5. The molecule has 3 atom stereocenters. The molecule has 6 heteroatoms. The summed E-state index contributed by atoms with van der Waals surface area (Å²) in [6.07, 6.45) is 56.0. The van der Waals surface area contributed by atoms with E-state index in [1.807, 2.05) is 0 Å². The van der Waals surface area contributed by atoms with Crippen LogP contribution in [-0.4, -0.2) is 46.9 Å². The number of aliphatic hydroxyl groups is 2. The lowest BCUT2D eigenvalue weighted by Gasteiger charge is -2.24. The van der Waals surface area contributed by atoms with E-state index in [1.54, 1.807) is 0 Å². The van der Waals surface area contributed by atoms with Crippen molar-refractivity contribution < 1.29 is 24.5 Å². The number of esters is 1. The van der Waals surface area contributed by atoms with Crippen LogP contribution >= 0.6 is 0 Å². The summed E-state index contributed by atoms with van der Waals surface area (Å²) >= 11 is 0. The second-order valence-electron chi connectivity index (χ2n) is 17.2. The van der Waals surface area contributed by atoms with Gasteiger partial charge < -0.3 is 20.3 Å². The summed E-state index contributed by atoms with van der Waals surface area (Å²) in [6, 6.07) is -0.711. The van der Waals surface area contributed by atoms with E-state index in [4.69, 9.17) is 4.74 Å².